The van der Waals surface area contributed by atoms with E-state index in [1.54, 1.807) is 32.1 Å². The van der Waals surface area contributed by atoms with Gasteiger partial charge in [0.25, 0.3) is 5.56 Å². The van der Waals surface area contributed by atoms with Gasteiger partial charge in [-0.15, -0.1) is 6.42 Å². The van der Waals surface area contributed by atoms with Crippen LogP contribution >= 0.6 is 56.5 Å². The number of aromatic nitrogens is 1. The van der Waals surface area contributed by atoms with Gasteiger partial charge in [0.1, 0.15) is 18.2 Å². The molecule has 2 heterocycles. The lowest BCUT2D eigenvalue weighted by atomic mass is 9.96. The molecule has 0 radical (unpaired) electrons. The van der Waals surface area contributed by atoms with Crippen molar-refractivity contribution in [3.05, 3.63) is 91.4 Å². The molecular weight excluding hydrogens is 709 g/mol. The minimum atomic E-state index is -0.789. The number of nitrogens with zero attached hydrogens (tertiary/aromatic N) is 2. The molecule has 1 atom stereocenters. The number of thiazole rings is 1. The first kappa shape index (κ1) is 26.6. The molecule has 1 aliphatic rings. The van der Waals surface area contributed by atoms with E-state index in [2.05, 4.69) is 56.1 Å². The molecule has 0 aliphatic carbocycles. The number of terminal acetylenes is 1. The molecule has 184 valence electrons. The summed E-state index contributed by atoms with van der Waals surface area (Å²) in [5.41, 5.74) is 1.79. The van der Waals surface area contributed by atoms with Gasteiger partial charge >= 0.3 is 5.97 Å². The lowest BCUT2D eigenvalue weighted by Gasteiger charge is -2.24. The number of benzene rings is 2. The first-order chi connectivity index (χ1) is 17.2. The summed E-state index contributed by atoms with van der Waals surface area (Å²) in [5.74, 6) is 2.18. The lowest BCUT2D eigenvalue weighted by molar-refractivity contribution is -0.139. The van der Waals surface area contributed by atoms with Crippen molar-refractivity contribution in [3.8, 4) is 18.1 Å². The fraction of sp³-hybridized carbons (Fsp3) is 0.192. The molecule has 4 rings (SSSR count). The van der Waals surface area contributed by atoms with Crippen molar-refractivity contribution in [2.24, 2.45) is 4.99 Å². The van der Waals surface area contributed by atoms with E-state index in [4.69, 9.17) is 15.9 Å². The third-order valence-corrected chi connectivity index (χ3v) is 7.91. The summed E-state index contributed by atoms with van der Waals surface area (Å²) in [7, 11) is 0. The predicted molar refractivity (Wildman–Crippen MR) is 153 cm³/mol. The number of hydrogen-bond acceptors (Lipinski definition) is 6. The third-order valence-electron chi connectivity index (χ3n) is 5.32. The largest absolute Gasteiger partial charge is 0.479 e. The van der Waals surface area contributed by atoms with Gasteiger partial charge in [0.2, 0.25) is 0 Å². The number of hydrogen-bond donors (Lipinski definition) is 0. The highest BCUT2D eigenvalue weighted by Crippen LogP contribution is 2.31. The zero-order valence-electron chi connectivity index (χ0n) is 19.2. The van der Waals surface area contributed by atoms with Gasteiger partial charge in [-0.25, -0.2) is 14.2 Å². The fourth-order valence-electron chi connectivity index (χ4n) is 3.82. The Balaban J connectivity index is 1.89. The number of ether oxygens (including phenoxy) is 2. The van der Waals surface area contributed by atoms with E-state index >= 15 is 0 Å². The summed E-state index contributed by atoms with van der Waals surface area (Å²) in [6.45, 7) is 3.75. The molecule has 1 aliphatic heterocycles. The van der Waals surface area contributed by atoms with Gasteiger partial charge in [-0.2, -0.15) is 0 Å². The van der Waals surface area contributed by atoms with Crippen molar-refractivity contribution in [1.82, 2.24) is 4.57 Å². The number of fused-ring (bicyclic) bond motifs is 1. The van der Waals surface area contributed by atoms with E-state index in [1.807, 2.05) is 12.1 Å². The maximum absolute atomic E-state index is 13.7. The van der Waals surface area contributed by atoms with Crippen LogP contribution in [0.4, 0.5) is 4.39 Å². The van der Waals surface area contributed by atoms with Gasteiger partial charge in [0.05, 0.1) is 35.6 Å². The number of carbonyl (C=O) groups excluding carboxylic acids is 1. The van der Waals surface area contributed by atoms with E-state index < -0.39 is 17.8 Å². The molecule has 0 N–H and O–H groups in total. The lowest BCUT2D eigenvalue weighted by Crippen LogP contribution is -2.39. The number of carbonyl (C=O) groups is 1. The maximum atomic E-state index is 13.7. The van der Waals surface area contributed by atoms with Crippen LogP contribution in [0.2, 0.25) is 0 Å². The Morgan fingerprint density at radius 2 is 1.94 bits per heavy atom. The SMILES string of the molecule is C#CCOc1c(I)cc(/C=c2\sc3n(c2=O)[C@@H](c2ccc(F)cc2)C(C(=O)OCC)=C(C)N=3)cc1I. The predicted octanol–water partition coefficient (Wildman–Crippen LogP) is 4.16. The average molecular weight is 728 g/mol. The number of rotatable bonds is 6. The Morgan fingerprint density at radius 3 is 2.56 bits per heavy atom. The monoisotopic (exact) mass is 728 g/mol. The summed E-state index contributed by atoms with van der Waals surface area (Å²) >= 11 is 5.56. The van der Waals surface area contributed by atoms with Crippen LogP contribution in [0.25, 0.3) is 6.08 Å². The van der Waals surface area contributed by atoms with Gasteiger partial charge in [-0.05, 0) is 100 Å². The summed E-state index contributed by atoms with van der Waals surface area (Å²) < 4.78 is 28.2. The maximum Gasteiger partial charge on any atom is 0.338 e. The zero-order valence-corrected chi connectivity index (χ0v) is 24.3. The van der Waals surface area contributed by atoms with Gasteiger partial charge in [0, 0.05) is 0 Å². The second-order valence-corrected chi connectivity index (χ2v) is 11.0. The van der Waals surface area contributed by atoms with Crippen LogP contribution < -0.4 is 19.6 Å². The summed E-state index contributed by atoms with van der Waals surface area (Å²) in [6.07, 6.45) is 7.09. The van der Waals surface area contributed by atoms with Crippen molar-refractivity contribution in [2.75, 3.05) is 13.2 Å². The van der Waals surface area contributed by atoms with Crippen molar-refractivity contribution >= 4 is 68.6 Å². The van der Waals surface area contributed by atoms with E-state index in [1.165, 1.54) is 28.0 Å². The van der Waals surface area contributed by atoms with Crippen LogP contribution in [0, 0.1) is 25.3 Å². The minimum absolute atomic E-state index is 0.162. The molecule has 10 heteroatoms. The smallest absolute Gasteiger partial charge is 0.338 e. The zero-order chi connectivity index (χ0) is 26.0. The Kier molecular flexibility index (Phi) is 8.31. The van der Waals surface area contributed by atoms with Crippen LogP contribution in [0.3, 0.4) is 0 Å². The summed E-state index contributed by atoms with van der Waals surface area (Å²) in [6, 6.07) is 8.75. The van der Waals surface area contributed by atoms with Crippen LogP contribution in [-0.2, 0) is 9.53 Å². The second-order valence-electron chi connectivity index (χ2n) is 7.66. The second kappa shape index (κ2) is 11.3. The Labute approximate surface area is 237 Å². The van der Waals surface area contributed by atoms with Crippen molar-refractivity contribution in [3.63, 3.8) is 0 Å². The molecule has 2 aromatic carbocycles. The highest BCUT2D eigenvalue weighted by atomic mass is 127. The van der Waals surface area contributed by atoms with Crippen molar-refractivity contribution < 1.29 is 18.7 Å². The van der Waals surface area contributed by atoms with Crippen molar-refractivity contribution in [2.45, 2.75) is 19.9 Å². The third kappa shape index (κ3) is 5.28. The molecule has 6 nitrogen and oxygen atoms in total. The molecule has 0 saturated heterocycles. The Bertz CT molecular complexity index is 1580. The molecule has 36 heavy (non-hydrogen) atoms. The topological polar surface area (TPSA) is 69.9 Å². The van der Waals surface area contributed by atoms with Crippen LogP contribution in [0.5, 0.6) is 5.75 Å². The standard InChI is InChI=1S/C26H19FI2N2O4S/c1-4-10-35-23-18(28)11-15(12-19(23)29)13-20-24(32)31-22(16-6-8-17(27)9-7-16)21(25(33)34-5-2)14(3)30-26(31)36-20/h1,6-9,11-13,22H,5,10H2,2-3H3/b20-13-/t22-/m0/s1. The summed E-state index contributed by atoms with van der Waals surface area (Å²) in [4.78, 5) is 31.6. The molecule has 0 saturated carbocycles. The molecule has 0 spiro atoms. The molecule has 3 aromatic rings. The fourth-order valence-corrected chi connectivity index (χ4v) is 6.99. The van der Waals surface area contributed by atoms with Crippen LogP contribution in [-0.4, -0.2) is 23.8 Å². The molecule has 0 bridgehead atoms. The normalized spacial score (nSPS) is 15.2. The van der Waals surface area contributed by atoms with E-state index in [-0.39, 0.29) is 24.3 Å². The molecule has 0 fully saturated rings. The first-order valence-corrected chi connectivity index (χ1v) is 13.7. The average Bonchev–Trinajstić information content (AvgIpc) is 3.12. The molecule has 1 aromatic heterocycles. The molecular formula is C26H19FI2N2O4S. The highest BCUT2D eigenvalue weighted by molar-refractivity contribution is 14.1. The first-order valence-electron chi connectivity index (χ1n) is 10.8. The van der Waals surface area contributed by atoms with Gasteiger partial charge in [0.15, 0.2) is 4.80 Å². The molecule has 0 unspecified atom stereocenters. The van der Waals surface area contributed by atoms with Gasteiger partial charge in [-0.1, -0.05) is 29.4 Å². The minimum Gasteiger partial charge on any atom is -0.479 e. The highest BCUT2D eigenvalue weighted by Gasteiger charge is 2.33. The van der Waals surface area contributed by atoms with E-state index in [0.29, 0.717) is 26.3 Å². The summed E-state index contributed by atoms with van der Waals surface area (Å²) in [5, 5.41) is 0. The number of allylic oxidation sites excluding steroid dienone is 1. The quantitative estimate of drug-likeness (QED) is 0.218. The Hall–Kier alpha value is -2.50. The Morgan fingerprint density at radius 1 is 1.28 bits per heavy atom. The number of esters is 1. The van der Waals surface area contributed by atoms with Crippen molar-refractivity contribution in [1.29, 1.82) is 0 Å². The number of halogens is 3. The van der Waals surface area contributed by atoms with Gasteiger partial charge < -0.3 is 9.47 Å². The van der Waals surface area contributed by atoms with Crippen LogP contribution in [0.15, 0.2) is 57.5 Å². The van der Waals surface area contributed by atoms with Gasteiger partial charge in [-0.3, -0.25) is 9.36 Å². The molecule has 0 amide bonds. The van der Waals surface area contributed by atoms with Crippen LogP contribution in [0.1, 0.15) is 31.0 Å². The van der Waals surface area contributed by atoms with E-state index in [0.717, 1.165) is 12.7 Å². The van der Waals surface area contributed by atoms with E-state index in [9.17, 15) is 14.0 Å².